The third-order valence-electron chi connectivity index (χ3n) is 3.10. The Bertz CT molecular complexity index is 215. The van der Waals surface area contributed by atoms with E-state index in [4.69, 9.17) is 5.73 Å². The molecule has 1 rings (SSSR count). The van der Waals surface area contributed by atoms with Gasteiger partial charge in [0.15, 0.2) is 0 Å². The second kappa shape index (κ2) is 7.17. The van der Waals surface area contributed by atoms with Crippen molar-refractivity contribution in [1.82, 2.24) is 5.32 Å². The van der Waals surface area contributed by atoms with E-state index in [2.05, 4.69) is 19.2 Å². The molecule has 0 radical (unpaired) electrons. The van der Waals surface area contributed by atoms with Gasteiger partial charge in [-0.2, -0.15) is 11.8 Å². The molecule has 1 aliphatic carbocycles. The quantitative estimate of drug-likeness (QED) is 0.775. The summed E-state index contributed by atoms with van der Waals surface area (Å²) in [5.41, 5.74) is 5.83. The lowest BCUT2D eigenvalue weighted by molar-refractivity contribution is -0.126. The van der Waals surface area contributed by atoms with E-state index < -0.39 is 0 Å². The fourth-order valence-electron chi connectivity index (χ4n) is 2.08. The number of hydrogen-bond donors (Lipinski definition) is 2. The maximum absolute atomic E-state index is 11.9. The van der Waals surface area contributed by atoms with Gasteiger partial charge >= 0.3 is 0 Å². The Balaban J connectivity index is 2.23. The van der Waals surface area contributed by atoms with Crippen LogP contribution in [0, 0.1) is 5.92 Å². The highest BCUT2D eigenvalue weighted by molar-refractivity contribution is 7.99. The predicted molar refractivity (Wildman–Crippen MR) is 70.5 cm³/mol. The maximum Gasteiger partial charge on any atom is 0.223 e. The summed E-state index contributed by atoms with van der Waals surface area (Å²) >= 11 is 1.87. The number of rotatable bonds is 5. The Morgan fingerprint density at radius 1 is 1.44 bits per heavy atom. The Labute approximate surface area is 103 Å². The zero-order valence-electron chi connectivity index (χ0n) is 10.4. The molecule has 1 atom stereocenters. The van der Waals surface area contributed by atoms with Crippen molar-refractivity contribution in [2.75, 3.05) is 11.5 Å². The van der Waals surface area contributed by atoms with Crippen LogP contribution in [0.3, 0.4) is 0 Å². The molecule has 1 fully saturated rings. The molecule has 0 saturated heterocycles. The molecule has 0 bridgehead atoms. The summed E-state index contributed by atoms with van der Waals surface area (Å²) in [7, 11) is 0. The molecule has 16 heavy (non-hydrogen) atoms. The van der Waals surface area contributed by atoms with Gasteiger partial charge in [0.1, 0.15) is 0 Å². The SMILES string of the molecule is CCSCC(C)NC(=O)C1CCC(N)CC1. The van der Waals surface area contributed by atoms with Gasteiger partial charge in [-0.05, 0) is 38.4 Å². The van der Waals surface area contributed by atoms with Crippen LogP contribution in [0.25, 0.3) is 0 Å². The molecule has 3 nitrogen and oxygen atoms in total. The van der Waals surface area contributed by atoms with E-state index in [1.165, 1.54) is 0 Å². The minimum absolute atomic E-state index is 0.203. The maximum atomic E-state index is 11.9. The minimum atomic E-state index is 0.203. The second-order valence-corrected chi connectivity index (χ2v) is 6.00. The summed E-state index contributed by atoms with van der Waals surface area (Å²) in [6.07, 6.45) is 3.91. The molecule has 0 aromatic rings. The number of amides is 1. The van der Waals surface area contributed by atoms with Crippen LogP contribution >= 0.6 is 11.8 Å². The molecule has 3 N–H and O–H groups in total. The summed E-state index contributed by atoms with van der Waals surface area (Å²) in [6, 6.07) is 0.602. The van der Waals surface area contributed by atoms with Crippen LogP contribution in [0.1, 0.15) is 39.5 Å². The van der Waals surface area contributed by atoms with Crippen molar-refractivity contribution in [2.45, 2.75) is 51.6 Å². The molecule has 0 aromatic heterocycles. The molecule has 1 amide bonds. The van der Waals surface area contributed by atoms with E-state index in [-0.39, 0.29) is 17.9 Å². The van der Waals surface area contributed by atoms with Crippen molar-refractivity contribution in [2.24, 2.45) is 11.7 Å². The first-order valence-electron chi connectivity index (χ1n) is 6.27. The Hall–Kier alpha value is -0.220. The summed E-state index contributed by atoms with van der Waals surface area (Å²) in [5.74, 6) is 2.55. The van der Waals surface area contributed by atoms with Gasteiger partial charge in [0.05, 0.1) is 0 Å². The van der Waals surface area contributed by atoms with E-state index in [0.717, 1.165) is 37.2 Å². The van der Waals surface area contributed by atoms with Gasteiger partial charge in [-0.1, -0.05) is 6.92 Å². The zero-order chi connectivity index (χ0) is 12.0. The van der Waals surface area contributed by atoms with E-state index >= 15 is 0 Å². The van der Waals surface area contributed by atoms with Crippen molar-refractivity contribution in [3.8, 4) is 0 Å². The van der Waals surface area contributed by atoms with Crippen LogP contribution in [0.2, 0.25) is 0 Å². The number of carbonyl (C=O) groups is 1. The molecule has 4 heteroatoms. The molecular formula is C12H24N2OS. The van der Waals surface area contributed by atoms with Gasteiger partial charge in [-0.3, -0.25) is 4.79 Å². The highest BCUT2D eigenvalue weighted by atomic mass is 32.2. The monoisotopic (exact) mass is 244 g/mol. The van der Waals surface area contributed by atoms with Crippen LogP contribution in [-0.4, -0.2) is 29.5 Å². The first kappa shape index (κ1) is 13.8. The van der Waals surface area contributed by atoms with Crippen LogP contribution in [0.5, 0.6) is 0 Å². The summed E-state index contributed by atoms with van der Waals surface area (Å²) in [4.78, 5) is 11.9. The van der Waals surface area contributed by atoms with Gasteiger partial charge in [0.25, 0.3) is 0 Å². The van der Waals surface area contributed by atoms with Crippen LogP contribution in [0.4, 0.5) is 0 Å². The van der Waals surface area contributed by atoms with E-state index in [0.29, 0.717) is 6.04 Å². The van der Waals surface area contributed by atoms with Gasteiger partial charge < -0.3 is 11.1 Å². The Morgan fingerprint density at radius 2 is 2.06 bits per heavy atom. The molecule has 0 aliphatic heterocycles. The normalized spacial score (nSPS) is 27.4. The molecule has 0 heterocycles. The van der Waals surface area contributed by atoms with E-state index in [9.17, 15) is 4.79 Å². The third-order valence-corrected chi connectivity index (χ3v) is 4.25. The smallest absolute Gasteiger partial charge is 0.223 e. The van der Waals surface area contributed by atoms with E-state index in [1.807, 2.05) is 11.8 Å². The average Bonchev–Trinajstić information content (AvgIpc) is 2.27. The summed E-state index contributed by atoms with van der Waals surface area (Å²) < 4.78 is 0. The first-order valence-corrected chi connectivity index (χ1v) is 7.42. The fraction of sp³-hybridized carbons (Fsp3) is 0.917. The standard InChI is InChI=1S/C12H24N2OS/c1-3-16-8-9(2)14-12(15)10-4-6-11(13)7-5-10/h9-11H,3-8,13H2,1-2H3,(H,14,15). The fourth-order valence-corrected chi connectivity index (χ4v) is 2.75. The molecular weight excluding hydrogens is 220 g/mol. The lowest BCUT2D eigenvalue weighted by Gasteiger charge is -2.26. The molecule has 0 spiro atoms. The number of thioether (sulfide) groups is 1. The number of nitrogens with two attached hydrogens (primary N) is 1. The number of nitrogens with one attached hydrogen (secondary N) is 1. The summed E-state index contributed by atoms with van der Waals surface area (Å²) in [6.45, 7) is 4.22. The topological polar surface area (TPSA) is 55.1 Å². The summed E-state index contributed by atoms with van der Waals surface area (Å²) in [5, 5.41) is 3.10. The number of hydrogen-bond acceptors (Lipinski definition) is 3. The molecule has 1 unspecified atom stereocenters. The lowest BCUT2D eigenvalue weighted by atomic mass is 9.86. The van der Waals surface area contributed by atoms with Crippen molar-refractivity contribution in [1.29, 1.82) is 0 Å². The molecule has 94 valence electrons. The van der Waals surface area contributed by atoms with Gasteiger partial charge in [-0.25, -0.2) is 0 Å². The highest BCUT2D eigenvalue weighted by Crippen LogP contribution is 2.23. The van der Waals surface area contributed by atoms with Crippen molar-refractivity contribution in [3.05, 3.63) is 0 Å². The van der Waals surface area contributed by atoms with Crippen LogP contribution in [0.15, 0.2) is 0 Å². The van der Waals surface area contributed by atoms with Crippen LogP contribution in [-0.2, 0) is 4.79 Å². The molecule has 1 saturated carbocycles. The largest absolute Gasteiger partial charge is 0.353 e. The van der Waals surface area contributed by atoms with Crippen LogP contribution < -0.4 is 11.1 Å². The second-order valence-electron chi connectivity index (χ2n) is 4.68. The van der Waals surface area contributed by atoms with Crippen molar-refractivity contribution in [3.63, 3.8) is 0 Å². The van der Waals surface area contributed by atoms with Crippen molar-refractivity contribution >= 4 is 17.7 Å². The Morgan fingerprint density at radius 3 is 2.62 bits per heavy atom. The lowest BCUT2D eigenvalue weighted by Crippen LogP contribution is -2.41. The Kier molecular flexibility index (Phi) is 6.21. The van der Waals surface area contributed by atoms with Crippen molar-refractivity contribution < 1.29 is 4.79 Å². The van der Waals surface area contributed by atoms with E-state index in [1.54, 1.807) is 0 Å². The average molecular weight is 244 g/mol. The van der Waals surface area contributed by atoms with Gasteiger partial charge in [0, 0.05) is 23.8 Å². The first-order chi connectivity index (χ1) is 7.63. The number of carbonyl (C=O) groups excluding carboxylic acids is 1. The zero-order valence-corrected chi connectivity index (χ0v) is 11.2. The third kappa shape index (κ3) is 4.74. The van der Waals surface area contributed by atoms with Gasteiger partial charge in [-0.15, -0.1) is 0 Å². The highest BCUT2D eigenvalue weighted by Gasteiger charge is 2.25. The molecule has 1 aliphatic rings. The predicted octanol–water partition coefficient (Wildman–Crippen LogP) is 1.76. The minimum Gasteiger partial charge on any atom is -0.353 e. The molecule has 0 aromatic carbocycles. The van der Waals surface area contributed by atoms with Gasteiger partial charge in [0.2, 0.25) is 5.91 Å².